The second-order valence-electron chi connectivity index (χ2n) is 9.34. The first-order valence-electron chi connectivity index (χ1n) is 11.0. The van der Waals surface area contributed by atoms with E-state index in [0.717, 1.165) is 35.6 Å². The van der Waals surface area contributed by atoms with Crippen LogP contribution in [-0.2, 0) is 9.59 Å². The monoisotopic (exact) mass is 411 g/mol. The van der Waals surface area contributed by atoms with E-state index < -0.39 is 6.17 Å². The number of hydrogen-bond donors (Lipinski definition) is 1. The van der Waals surface area contributed by atoms with E-state index in [-0.39, 0.29) is 18.4 Å². The molecule has 3 aliphatic heterocycles. The first-order valence-corrected chi connectivity index (χ1v) is 11.0. The van der Waals surface area contributed by atoms with Gasteiger partial charge in [0.1, 0.15) is 6.54 Å². The Morgan fingerprint density at radius 1 is 1.17 bits per heavy atom. The van der Waals surface area contributed by atoms with Crippen LogP contribution in [0, 0.1) is 18.8 Å². The summed E-state index contributed by atoms with van der Waals surface area (Å²) in [6.07, 6.45) is 3.86. The van der Waals surface area contributed by atoms with Gasteiger partial charge < -0.3 is 15.5 Å². The predicted octanol–water partition coefficient (Wildman–Crippen LogP) is 1.63. The van der Waals surface area contributed by atoms with Gasteiger partial charge in [-0.3, -0.25) is 19.5 Å². The molecule has 30 heavy (non-hydrogen) atoms. The SMILES string of the molecule is Cc1cccc2c1N(CC(=O)N1CC3CCC(CC3)C1)C(=O)C(N)N=C2CN(C)C. The van der Waals surface area contributed by atoms with Gasteiger partial charge in [0.15, 0.2) is 6.17 Å². The Morgan fingerprint density at radius 3 is 2.40 bits per heavy atom. The minimum absolute atomic E-state index is 0.0135. The predicted molar refractivity (Wildman–Crippen MR) is 119 cm³/mol. The lowest BCUT2D eigenvalue weighted by molar-refractivity contribution is -0.132. The second-order valence-corrected chi connectivity index (χ2v) is 9.34. The molecule has 2 bridgehead atoms. The number of carbonyl (C=O) groups excluding carboxylic acids is 2. The summed E-state index contributed by atoms with van der Waals surface area (Å²) in [4.78, 5) is 36.7. The summed E-state index contributed by atoms with van der Waals surface area (Å²) in [5.41, 5.74) is 9.55. The van der Waals surface area contributed by atoms with Crippen LogP contribution < -0.4 is 10.6 Å². The van der Waals surface area contributed by atoms with E-state index in [4.69, 9.17) is 5.73 Å². The van der Waals surface area contributed by atoms with Crippen molar-refractivity contribution in [3.8, 4) is 0 Å². The fourth-order valence-electron chi connectivity index (χ4n) is 5.13. The highest BCUT2D eigenvalue weighted by atomic mass is 16.2. The molecule has 1 aromatic carbocycles. The Hall–Kier alpha value is -2.25. The Balaban J connectivity index is 1.65. The maximum absolute atomic E-state index is 13.3. The summed E-state index contributed by atoms with van der Waals surface area (Å²) in [6, 6.07) is 5.91. The zero-order chi connectivity index (χ0) is 21.4. The number of rotatable bonds is 4. The van der Waals surface area contributed by atoms with E-state index in [0.29, 0.717) is 18.4 Å². The Morgan fingerprint density at radius 2 is 1.80 bits per heavy atom. The number of likely N-dealkylation sites (N-methyl/N-ethyl adjacent to an activating group) is 1. The van der Waals surface area contributed by atoms with E-state index in [1.165, 1.54) is 25.7 Å². The average molecular weight is 412 g/mol. The van der Waals surface area contributed by atoms with Crippen molar-refractivity contribution in [1.29, 1.82) is 0 Å². The molecule has 3 heterocycles. The average Bonchev–Trinajstić information content (AvgIpc) is 3.08. The zero-order valence-electron chi connectivity index (χ0n) is 18.3. The van der Waals surface area contributed by atoms with Gasteiger partial charge in [-0.1, -0.05) is 18.2 Å². The van der Waals surface area contributed by atoms with Crippen LogP contribution in [0.5, 0.6) is 0 Å². The number of hydrogen-bond acceptors (Lipinski definition) is 5. The molecule has 7 nitrogen and oxygen atoms in total. The number of fused-ring (bicyclic) bond motifs is 5. The van der Waals surface area contributed by atoms with Crippen LogP contribution in [0.4, 0.5) is 5.69 Å². The summed E-state index contributed by atoms with van der Waals surface area (Å²) < 4.78 is 0. The highest BCUT2D eigenvalue weighted by Gasteiger charge is 2.36. The normalized spacial score (nSPS) is 26.4. The van der Waals surface area contributed by atoms with E-state index in [1.54, 1.807) is 4.90 Å². The molecule has 0 spiro atoms. The molecule has 2 amide bonds. The van der Waals surface area contributed by atoms with Crippen molar-refractivity contribution in [3.05, 3.63) is 29.3 Å². The molecule has 162 valence electrons. The number of carbonyl (C=O) groups is 2. The van der Waals surface area contributed by atoms with Crippen LogP contribution in [0.2, 0.25) is 0 Å². The molecule has 1 aliphatic carbocycles. The van der Waals surface area contributed by atoms with Crippen LogP contribution in [0.1, 0.15) is 36.8 Å². The van der Waals surface area contributed by atoms with Gasteiger partial charge in [-0.25, -0.2) is 0 Å². The van der Waals surface area contributed by atoms with Gasteiger partial charge in [0.2, 0.25) is 5.91 Å². The van der Waals surface area contributed by atoms with E-state index in [9.17, 15) is 9.59 Å². The fraction of sp³-hybridized carbons (Fsp3) is 0.609. The standard InChI is InChI=1S/C23H33N5O2/c1-15-5-4-6-18-19(13-26(2)3)25-22(24)23(30)28(21(15)18)14-20(29)27-11-16-7-8-17(12-27)10-9-16/h4-6,16-17,22H,7-14,24H2,1-3H3. The van der Waals surface area contributed by atoms with Crippen molar-refractivity contribution in [3.63, 3.8) is 0 Å². The molecule has 1 unspecified atom stereocenters. The molecule has 1 atom stereocenters. The molecule has 1 saturated carbocycles. The smallest absolute Gasteiger partial charge is 0.266 e. The third-order valence-corrected chi connectivity index (χ3v) is 6.67. The number of anilines is 1. The molecular formula is C23H33N5O2. The maximum Gasteiger partial charge on any atom is 0.266 e. The molecule has 0 radical (unpaired) electrons. The molecule has 2 N–H and O–H groups in total. The van der Waals surface area contributed by atoms with Crippen molar-refractivity contribution in [2.24, 2.45) is 22.6 Å². The van der Waals surface area contributed by atoms with E-state index >= 15 is 0 Å². The van der Waals surface area contributed by atoms with Crippen LogP contribution >= 0.6 is 0 Å². The van der Waals surface area contributed by atoms with Gasteiger partial charge in [0.05, 0.1) is 11.4 Å². The molecular weight excluding hydrogens is 378 g/mol. The lowest BCUT2D eigenvalue weighted by Gasteiger charge is -2.29. The number of nitrogens with zero attached hydrogens (tertiary/aromatic N) is 4. The minimum atomic E-state index is -1.00. The van der Waals surface area contributed by atoms with Crippen LogP contribution in [-0.4, -0.2) is 73.8 Å². The number of para-hydroxylation sites is 1. The summed E-state index contributed by atoms with van der Waals surface area (Å²) in [5, 5.41) is 0. The summed E-state index contributed by atoms with van der Waals surface area (Å²) in [6.45, 7) is 4.20. The maximum atomic E-state index is 13.3. The summed E-state index contributed by atoms with van der Waals surface area (Å²) in [5.74, 6) is 0.891. The van der Waals surface area contributed by atoms with Gasteiger partial charge in [0, 0.05) is 25.2 Å². The first-order chi connectivity index (χ1) is 14.3. The van der Waals surface area contributed by atoms with Gasteiger partial charge in [-0.05, 0) is 64.1 Å². The quantitative estimate of drug-likeness (QED) is 0.816. The third-order valence-electron chi connectivity index (χ3n) is 6.67. The molecule has 7 heteroatoms. The number of aryl methyl sites for hydroxylation is 1. The topological polar surface area (TPSA) is 82.2 Å². The van der Waals surface area contributed by atoms with Crippen LogP contribution in [0.15, 0.2) is 23.2 Å². The van der Waals surface area contributed by atoms with Crippen molar-refractivity contribution >= 4 is 23.2 Å². The fourth-order valence-corrected chi connectivity index (χ4v) is 5.13. The molecule has 3 fully saturated rings. The van der Waals surface area contributed by atoms with Crippen LogP contribution in [0.3, 0.4) is 0 Å². The molecule has 4 aliphatic rings. The molecule has 1 aromatic rings. The van der Waals surface area contributed by atoms with Gasteiger partial charge >= 0.3 is 0 Å². The number of amides is 2. The van der Waals surface area contributed by atoms with Crippen molar-refractivity contribution in [1.82, 2.24) is 9.80 Å². The lowest BCUT2D eigenvalue weighted by Crippen LogP contribution is -2.49. The number of aliphatic imine (C=N–C) groups is 1. The van der Waals surface area contributed by atoms with Gasteiger partial charge in [-0.15, -0.1) is 0 Å². The molecule has 2 saturated heterocycles. The van der Waals surface area contributed by atoms with E-state index in [2.05, 4.69) is 4.99 Å². The highest BCUT2D eigenvalue weighted by molar-refractivity contribution is 6.15. The van der Waals surface area contributed by atoms with Crippen LogP contribution in [0.25, 0.3) is 0 Å². The van der Waals surface area contributed by atoms with Crippen molar-refractivity contribution in [2.75, 3.05) is 45.2 Å². The Kier molecular flexibility index (Phi) is 5.93. The second kappa shape index (κ2) is 8.47. The lowest BCUT2D eigenvalue weighted by atomic mass is 9.84. The van der Waals surface area contributed by atoms with Gasteiger partial charge in [0.25, 0.3) is 5.91 Å². The Bertz CT molecular complexity index is 843. The first kappa shape index (κ1) is 21.0. The van der Waals surface area contributed by atoms with Crippen molar-refractivity contribution in [2.45, 2.75) is 38.8 Å². The summed E-state index contributed by atoms with van der Waals surface area (Å²) in [7, 11) is 3.93. The number of benzene rings is 1. The number of benzodiazepines with no additional fused rings is 1. The van der Waals surface area contributed by atoms with Gasteiger partial charge in [-0.2, -0.15) is 0 Å². The summed E-state index contributed by atoms with van der Waals surface area (Å²) >= 11 is 0. The van der Waals surface area contributed by atoms with E-state index in [1.807, 2.05) is 49.0 Å². The zero-order valence-corrected chi connectivity index (χ0v) is 18.3. The molecule has 0 aromatic heterocycles. The Labute approximate surface area is 178 Å². The largest absolute Gasteiger partial charge is 0.341 e. The third kappa shape index (κ3) is 4.14. The highest BCUT2D eigenvalue weighted by Crippen LogP contribution is 2.34. The number of nitrogens with two attached hydrogens (primary N) is 1. The van der Waals surface area contributed by atoms with Crippen molar-refractivity contribution < 1.29 is 9.59 Å². The molecule has 5 rings (SSSR count). The minimum Gasteiger partial charge on any atom is -0.341 e.